The fourth-order valence-electron chi connectivity index (χ4n) is 2.35. The van der Waals surface area contributed by atoms with E-state index < -0.39 is 11.6 Å². The van der Waals surface area contributed by atoms with Crippen LogP contribution < -0.4 is 5.32 Å². The maximum atomic E-state index is 11.9. The number of carbonyl (C=O) groups excluding carboxylic acids is 1. The van der Waals surface area contributed by atoms with E-state index >= 15 is 0 Å². The molecule has 0 saturated heterocycles. The monoisotopic (exact) mass is 241 g/mol. The van der Waals surface area contributed by atoms with Crippen LogP contribution in [0.2, 0.25) is 0 Å². The highest BCUT2D eigenvalue weighted by Crippen LogP contribution is 2.25. The van der Waals surface area contributed by atoms with Gasteiger partial charge in [-0.3, -0.25) is 4.79 Å². The van der Waals surface area contributed by atoms with E-state index in [4.69, 9.17) is 0 Å². The number of hydrogen-bond acceptors (Lipinski definition) is 2. The van der Waals surface area contributed by atoms with Crippen LogP contribution in [0.3, 0.4) is 0 Å². The third-order valence-electron chi connectivity index (χ3n) is 3.95. The Morgan fingerprint density at radius 3 is 2.29 bits per heavy atom. The van der Waals surface area contributed by atoms with Crippen LogP contribution in [0.5, 0.6) is 0 Å². The molecule has 0 aromatic rings. The van der Waals surface area contributed by atoms with Gasteiger partial charge in [0.2, 0.25) is 5.91 Å². The summed E-state index contributed by atoms with van der Waals surface area (Å²) in [6.45, 7) is 5.44. The first kappa shape index (κ1) is 14.5. The lowest BCUT2D eigenvalue weighted by molar-refractivity contribution is -0.125. The van der Waals surface area contributed by atoms with E-state index in [1.807, 2.05) is 13.8 Å². The van der Waals surface area contributed by atoms with E-state index in [2.05, 4.69) is 5.32 Å². The Morgan fingerprint density at radius 1 is 1.29 bits per heavy atom. The Morgan fingerprint density at radius 2 is 1.82 bits per heavy atom. The summed E-state index contributed by atoms with van der Waals surface area (Å²) >= 11 is 0. The molecule has 1 amide bonds. The van der Waals surface area contributed by atoms with Crippen molar-refractivity contribution in [2.24, 2.45) is 5.92 Å². The SMILES string of the molecule is CC(O)C(C)(C)NC(=O)CC1CCCCCC1. The number of hydrogen-bond donors (Lipinski definition) is 2. The van der Waals surface area contributed by atoms with E-state index in [-0.39, 0.29) is 5.91 Å². The van der Waals surface area contributed by atoms with Gasteiger partial charge in [0, 0.05) is 6.42 Å². The van der Waals surface area contributed by atoms with Crippen molar-refractivity contribution in [2.45, 2.75) is 77.4 Å². The Hall–Kier alpha value is -0.570. The first-order chi connectivity index (χ1) is 7.92. The van der Waals surface area contributed by atoms with Gasteiger partial charge in [-0.25, -0.2) is 0 Å². The molecule has 1 atom stereocenters. The lowest BCUT2D eigenvalue weighted by atomic mass is 9.94. The second kappa shape index (κ2) is 6.39. The predicted molar refractivity (Wildman–Crippen MR) is 69.7 cm³/mol. The number of aliphatic hydroxyl groups excluding tert-OH is 1. The summed E-state index contributed by atoms with van der Waals surface area (Å²) < 4.78 is 0. The summed E-state index contributed by atoms with van der Waals surface area (Å²) in [7, 11) is 0. The lowest BCUT2D eigenvalue weighted by Gasteiger charge is -2.30. The fraction of sp³-hybridized carbons (Fsp3) is 0.929. The molecule has 100 valence electrons. The molecule has 1 rings (SSSR count). The number of aliphatic hydroxyl groups is 1. The van der Waals surface area contributed by atoms with Gasteiger partial charge >= 0.3 is 0 Å². The smallest absolute Gasteiger partial charge is 0.220 e. The van der Waals surface area contributed by atoms with Gasteiger partial charge < -0.3 is 10.4 Å². The number of rotatable bonds is 4. The summed E-state index contributed by atoms with van der Waals surface area (Å²) in [5, 5.41) is 12.5. The minimum Gasteiger partial charge on any atom is -0.391 e. The van der Waals surface area contributed by atoms with Gasteiger partial charge in [0.25, 0.3) is 0 Å². The maximum absolute atomic E-state index is 11.9. The van der Waals surface area contributed by atoms with Gasteiger partial charge in [-0.1, -0.05) is 25.7 Å². The fourth-order valence-corrected chi connectivity index (χ4v) is 2.35. The van der Waals surface area contributed by atoms with Gasteiger partial charge in [0.05, 0.1) is 11.6 Å². The summed E-state index contributed by atoms with van der Waals surface area (Å²) in [5.41, 5.74) is -0.526. The molecule has 0 spiro atoms. The van der Waals surface area contributed by atoms with E-state index in [0.29, 0.717) is 12.3 Å². The Labute approximate surface area is 105 Å². The maximum Gasteiger partial charge on any atom is 0.220 e. The predicted octanol–water partition coefficient (Wildman–Crippen LogP) is 2.62. The van der Waals surface area contributed by atoms with Gasteiger partial charge in [-0.2, -0.15) is 0 Å². The zero-order chi connectivity index (χ0) is 12.9. The van der Waals surface area contributed by atoms with E-state index in [0.717, 1.165) is 0 Å². The van der Waals surface area contributed by atoms with E-state index in [1.165, 1.54) is 38.5 Å². The molecular weight excluding hydrogens is 214 g/mol. The van der Waals surface area contributed by atoms with Crippen LogP contribution in [-0.2, 0) is 4.79 Å². The molecule has 1 aliphatic carbocycles. The molecule has 1 fully saturated rings. The van der Waals surface area contributed by atoms with Crippen LogP contribution in [0.4, 0.5) is 0 Å². The summed E-state index contributed by atoms with van der Waals surface area (Å²) in [6.07, 6.45) is 7.62. The highest BCUT2D eigenvalue weighted by Gasteiger charge is 2.27. The molecule has 3 nitrogen and oxygen atoms in total. The molecule has 1 unspecified atom stereocenters. The molecular formula is C14H27NO2. The highest BCUT2D eigenvalue weighted by atomic mass is 16.3. The molecule has 0 heterocycles. The summed E-state index contributed by atoms with van der Waals surface area (Å²) in [4.78, 5) is 11.9. The normalized spacial score (nSPS) is 20.7. The second-order valence-corrected chi connectivity index (χ2v) is 6.01. The van der Waals surface area contributed by atoms with Crippen LogP contribution in [0.15, 0.2) is 0 Å². The van der Waals surface area contributed by atoms with Crippen LogP contribution in [0.25, 0.3) is 0 Å². The number of carbonyl (C=O) groups is 1. The van der Waals surface area contributed by atoms with Crippen molar-refractivity contribution >= 4 is 5.91 Å². The minimum atomic E-state index is -0.527. The molecule has 3 heteroatoms. The van der Waals surface area contributed by atoms with Crippen molar-refractivity contribution in [2.75, 3.05) is 0 Å². The Bertz CT molecular complexity index is 241. The molecule has 0 aromatic carbocycles. The van der Waals surface area contributed by atoms with Crippen molar-refractivity contribution < 1.29 is 9.90 Å². The third kappa shape index (κ3) is 5.07. The van der Waals surface area contributed by atoms with Gasteiger partial charge in [-0.15, -0.1) is 0 Å². The van der Waals surface area contributed by atoms with E-state index in [9.17, 15) is 9.90 Å². The standard InChI is InChI=1S/C14H27NO2/c1-11(16)14(2,3)15-13(17)10-12-8-6-4-5-7-9-12/h11-12,16H,4-10H2,1-3H3,(H,15,17). The second-order valence-electron chi connectivity index (χ2n) is 6.01. The largest absolute Gasteiger partial charge is 0.391 e. The average molecular weight is 241 g/mol. The molecule has 0 bridgehead atoms. The topological polar surface area (TPSA) is 49.3 Å². The first-order valence-corrected chi connectivity index (χ1v) is 6.91. The van der Waals surface area contributed by atoms with Crippen molar-refractivity contribution in [3.05, 3.63) is 0 Å². The lowest BCUT2D eigenvalue weighted by Crippen LogP contribution is -2.51. The Balaban J connectivity index is 2.38. The highest BCUT2D eigenvalue weighted by molar-refractivity contribution is 5.77. The van der Waals surface area contributed by atoms with E-state index in [1.54, 1.807) is 6.92 Å². The van der Waals surface area contributed by atoms with Crippen LogP contribution in [-0.4, -0.2) is 22.7 Å². The molecule has 17 heavy (non-hydrogen) atoms. The molecule has 2 N–H and O–H groups in total. The molecule has 1 saturated carbocycles. The summed E-state index contributed by atoms with van der Waals surface area (Å²) in [5.74, 6) is 0.630. The zero-order valence-corrected chi connectivity index (χ0v) is 11.5. The molecule has 0 aromatic heterocycles. The number of amides is 1. The average Bonchev–Trinajstić information content (AvgIpc) is 2.45. The van der Waals surface area contributed by atoms with Crippen molar-refractivity contribution in [3.63, 3.8) is 0 Å². The van der Waals surface area contributed by atoms with Crippen molar-refractivity contribution in [1.82, 2.24) is 5.32 Å². The van der Waals surface area contributed by atoms with Crippen LogP contribution >= 0.6 is 0 Å². The molecule has 0 radical (unpaired) electrons. The molecule has 1 aliphatic rings. The van der Waals surface area contributed by atoms with Crippen molar-refractivity contribution in [3.8, 4) is 0 Å². The quantitative estimate of drug-likeness (QED) is 0.743. The zero-order valence-electron chi connectivity index (χ0n) is 11.5. The van der Waals surface area contributed by atoms with Crippen molar-refractivity contribution in [1.29, 1.82) is 0 Å². The Kier molecular flexibility index (Phi) is 5.44. The first-order valence-electron chi connectivity index (χ1n) is 6.91. The third-order valence-corrected chi connectivity index (χ3v) is 3.95. The number of nitrogens with one attached hydrogen (secondary N) is 1. The van der Waals surface area contributed by atoms with Gasteiger partial charge in [0.15, 0.2) is 0 Å². The van der Waals surface area contributed by atoms with Gasteiger partial charge in [0.1, 0.15) is 0 Å². The van der Waals surface area contributed by atoms with Crippen LogP contribution in [0.1, 0.15) is 65.7 Å². The van der Waals surface area contributed by atoms with Crippen LogP contribution in [0, 0.1) is 5.92 Å². The minimum absolute atomic E-state index is 0.0859. The van der Waals surface area contributed by atoms with Gasteiger partial charge in [-0.05, 0) is 39.5 Å². The molecule has 0 aliphatic heterocycles. The summed E-state index contributed by atoms with van der Waals surface area (Å²) in [6, 6.07) is 0.